The van der Waals surface area contributed by atoms with Gasteiger partial charge in [0.1, 0.15) is 6.61 Å². The van der Waals surface area contributed by atoms with Crippen LogP contribution in [-0.4, -0.2) is 46.9 Å². The Labute approximate surface area is 149 Å². The van der Waals surface area contributed by atoms with Gasteiger partial charge in [-0.05, 0) is 18.6 Å². The molecule has 0 aliphatic carbocycles. The number of alkyl carbamates (subject to hydrolysis) is 1. The normalized spacial score (nSPS) is 20.5. The van der Waals surface area contributed by atoms with Crippen LogP contribution in [0.1, 0.15) is 12.5 Å². The number of amides is 2. The summed E-state index contributed by atoms with van der Waals surface area (Å²) in [6.45, 7) is 1.37. The van der Waals surface area contributed by atoms with E-state index in [4.69, 9.17) is 4.74 Å². The first-order chi connectivity index (χ1) is 12.0. The van der Waals surface area contributed by atoms with Gasteiger partial charge in [-0.15, -0.1) is 0 Å². The smallest absolute Gasteiger partial charge is 0.407 e. The predicted molar refractivity (Wildman–Crippen MR) is 94.5 cm³/mol. The summed E-state index contributed by atoms with van der Waals surface area (Å²) in [6, 6.07) is 9.57. The lowest BCUT2D eigenvalue weighted by Gasteiger charge is -2.37. The van der Waals surface area contributed by atoms with E-state index in [0.29, 0.717) is 0 Å². The van der Waals surface area contributed by atoms with Crippen LogP contribution in [-0.2, 0) is 14.3 Å². The molecule has 134 valence electrons. The van der Waals surface area contributed by atoms with Crippen molar-refractivity contribution in [1.29, 1.82) is 0 Å². The van der Waals surface area contributed by atoms with Crippen molar-refractivity contribution in [3.63, 3.8) is 0 Å². The molecule has 7 nitrogen and oxygen atoms in total. The van der Waals surface area contributed by atoms with Gasteiger partial charge in [0.25, 0.3) is 0 Å². The van der Waals surface area contributed by atoms with E-state index >= 15 is 0 Å². The van der Waals surface area contributed by atoms with Gasteiger partial charge < -0.3 is 20.5 Å². The molecular formula is C17H20N2O5S. The second kappa shape index (κ2) is 9.24. The van der Waals surface area contributed by atoms with Gasteiger partial charge in [-0.2, -0.15) is 0 Å². The maximum absolute atomic E-state index is 11.8. The molecule has 8 heteroatoms. The van der Waals surface area contributed by atoms with E-state index < -0.39 is 23.5 Å². The third kappa shape index (κ3) is 5.91. The lowest BCUT2D eigenvalue weighted by atomic mass is 9.96. The molecule has 2 amide bonds. The molecule has 0 bridgehead atoms. The van der Waals surface area contributed by atoms with Crippen molar-refractivity contribution in [3.8, 4) is 0 Å². The summed E-state index contributed by atoms with van der Waals surface area (Å²) in [5.41, 5.74) is 0.994. The predicted octanol–water partition coefficient (Wildman–Crippen LogP) is 1.14. The highest BCUT2D eigenvalue weighted by molar-refractivity contribution is 8.14. The number of ether oxygens (including phenoxy) is 1. The highest BCUT2D eigenvalue weighted by Crippen LogP contribution is 2.28. The van der Waals surface area contributed by atoms with E-state index in [2.05, 4.69) is 10.6 Å². The highest BCUT2D eigenvalue weighted by Gasteiger charge is 2.43. The van der Waals surface area contributed by atoms with Crippen LogP contribution in [0.5, 0.6) is 0 Å². The lowest BCUT2D eigenvalue weighted by Crippen LogP contribution is -2.60. The number of aliphatic hydroxyl groups excluding tert-OH is 1. The number of thioether (sulfide) groups is 1. The molecule has 0 aromatic heterocycles. The average Bonchev–Trinajstić information content (AvgIpc) is 2.56. The zero-order valence-corrected chi connectivity index (χ0v) is 14.5. The summed E-state index contributed by atoms with van der Waals surface area (Å²) >= 11 is 0.879. The fourth-order valence-electron chi connectivity index (χ4n) is 2.19. The Morgan fingerprint density at radius 1 is 1.40 bits per heavy atom. The number of carbonyl (C=O) groups excluding carboxylic acids is 3. The summed E-state index contributed by atoms with van der Waals surface area (Å²) in [7, 11) is 0. The van der Waals surface area contributed by atoms with Gasteiger partial charge in [0.05, 0.1) is 23.9 Å². The van der Waals surface area contributed by atoms with E-state index in [1.54, 1.807) is 6.08 Å². The number of nitrogens with one attached hydrogen (secondary N) is 2. The fraction of sp³-hybridized carbons (Fsp3) is 0.353. The molecule has 0 spiro atoms. The number of benzene rings is 1. The molecule has 3 N–H and O–H groups in total. The fourth-order valence-corrected chi connectivity index (χ4v) is 3.30. The molecule has 0 radical (unpaired) electrons. The van der Waals surface area contributed by atoms with Crippen LogP contribution >= 0.6 is 11.8 Å². The SMILES string of the molecule is CC(O)[C@@H]1C(=O)N[C@@H]1SC(=O)CNC(=O)OC/C=C/c1ccccc1. The lowest BCUT2D eigenvalue weighted by molar-refractivity contribution is -0.136. The van der Waals surface area contributed by atoms with Gasteiger partial charge in [-0.3, -0.25) is 9.59 Å². The monoisotopic (exact) mass is 364 g/mol. The number of rotatable bonds is 7. The van der Waals surface area contributed by atoms with Crippen LogP contribution in [0, 0.1) is 5.92 Å². The molecule has 25 heavy (non-hydrogen) atoms. The van der Waals surface area contributed by atoms with Gasteiger partial charge in [-0.25, -0.2) is 4.79 Å². The third-order valence-corrected chi connectivity index (χ3v) is 4.56. The first-order valence-corrected chi connectivity index (χ1v) is 8.65. The van der Waals surface area contributed by atoms with Crippen molar-refractivity contribution in [3.05, 3.63) is 42.0 Å². The Hall–Kier alpha value is -2.32. The molecular weight excluding hydrogens is 344 g/mol. The molecule has 3 atom stereocenters. The van der Waals surface area contributed by atoms with E-state index in [0.717, 1.165) is 17.3 Å². The molecule has 1 aliphatic heterocycles. The Balaban J connectivity index is 1.62. The second-order valence-electron chi connectivity index (χ2n) is 5.45. The van der Waals surface area contributed by atoms with Crippen molar-refractivity contribution in [1.82, 2.24) is 10.6 Å². The Morgan fingerprint density at radius 3 is 2.76 bits per heavy atom. The molecule has 1 aliphatic rings. The van der Waals surface area contributed by atoms with E-state index in [9.17, 15) is 19.5 Å². The summed E-state index contributed by atoms with van der Waals surface area (Å²) in [4.78, 5) is 34.6. The molecule has 0 saturated carbocycles. The zero-order valence-electron chi connectivity index (χ0n) is 13.7. The van der Waals surface area contributed by atoms with Crippen molar-refractivity contribution in [2.45, 2.75) is 18.4 Å². The highest BCUT2D eigenvalue weighted by atomic mass is 32.2. The minimum atomic E-state index is -0.826. The van der Waals surface area contributed by atoms with Gasteiger partial charge in [0.15, 0.2) is 0 Å². The Kier molecular flexibility index (Phi) is 7.03. The largest absolute Gasteiger partial charge is 0.445 e. The molecule has 1 heterocycles. The maximum atomic E-state index is 11.8. The first-order valence-electron chi connectivity index (χ1n) is 7.77. The number of aliphatic hydroxyl groups is 1. The first kappa shape index (κ1) is 19.0. The Morgan fingerprint density at radius 2 is 2.12 bits per heavy atom. The maximum Gasteiger partial charge on any atom is 0.407 e. The van der Waals surface area contributed by atoms with Gasteiger partial charge in [0, 0.05) is 0 Å². The standard InChI is InChI=1S/C17H20N2O5S/c1-11(20)14-15(22)19-16(14)25-13(21)10-18-17(23)24-9-5-8-12-6-3-2-4-7-12/h2-8,11,14,16,20H,9-10H2,1H3,(H,18,23)(H,19,22)/b8-5+/t11?,14-,16-/m1/s1. The van der Waals surface area contributed by atoms with Crippen LogP contribution in [0.25, 0.3) is 6.08 Å². The van der Waals surface area contributed by atoms with Crippen LogP contribution in [0.2, 0.25) is 0 Å². The molecule has 1 aromatic carbocycles. The average molecular weight is 364 g/mol. The number of hydrogen-bond donors (Lipinski definition) is 3. The van der Waals surface area contributed by atoms with Crippen LogP contribution in [0.3, 0.4) is 0 Å². The van der Waals surface area contributed by atoms with E-state index in [1.807, 2.05) is 36.4 Å². The van der Waals surface area contributed by atoms with E-state index in [-0.39, 0.29) is 24.2 Å². The summed E-state index contributed by atoms with van der Waals surface area (Å²) in [6.07, 6.45) is 2.00. The molecule has 1 aromatic rings. The van der Waals surface area contributed by atoms with E-state index in [1.165, 1.54) is 6.92 Å². The second-order valence-corrected chi connectivity index (χ2v) is 6.65. The quantitative estimate of drug-likeness (QED) is 0.627. The zero-order chi connectivity index (χ0) is 18.2. The van der Waals surface area contributed by atoms with Crippen molar-refractivity contribution >= 4 is 35.0 Å². The van der Waals surface area contributed by atoms with Crippen molar-refractivity contribution in [2.75, 3.05) is 13.2 Å². The van der Waals surface area contributed by atoms with Gasteiger partial charge in [-0.1, -0.05) is 48.2 Å². The van der Waals surface area contributed by atoms with Gasteiger partial charge >= 0.3 is 6.09 Å². The van der Waals surface area contributed by atoms with Gasteiger partial charge in [0.2, 0.25) is 11.0 Å². The molecule has 1 unspecified atom stereocenters. The topological polar surface area (TPSA) is 105 Å². The van der Waals surface area contributed by atoms with Crippen molar-refractivity contribution < 1.29 is 24.2 Å². The summed E-state index contributed by atoms with van der Waals surface area (Å²) < 4.78 is 4.93. The molecule has 1 saturated heterocycles. The molecule has 2 rings (SSSR count). The minimum absolute atomic E-state index is 0.0881. The summed E-state index contributed by atoms with van der Waals surface area (Å²) in [5.74, 6) is -0.887. The number of hydrogen-bond acceptors (Lipinski definition) is 6. The third-order valence-electron chi connectivity index (χ3n) is 3.49. The van der Waals surface area contributed by atoms with Crippen molar-refractivity contribution in [2.24, 2.45) is 5.92 Å². The van der Waals surface area contributed by atoms with Crippen LogP contribution in [0.4, 0.5) is 4.79 Å². The minimum Gasteiger partial charge on any atom is -0.445 e. The Bertz CT molecular complexity index is 648. The van der Waals surface area contributed by atoms with Crippen LogP contribution < -0.4 is 10.6 Å². The summed E-state index contributed by atoms with van der Waals surface area (Å²) in [5, 5.41) is 13.6. The van der Waals surface area contributed by atoms with Crippen LogP contribution in [0.15, 0.2) is 36.4 Å². The number of carbonyl (C=O) groups is 3. The number of β-lactam (4-membered cyclic amide) rings is 1. The molecule has 1 fully saturated rings.